The first-order chi connectivity index (χ1) is 12.8. The molecule has 1 heterocycles. The Hall–Kier alpha value is -2.83. The molecule has 27 heavy (non-hydrogen) atoms. The van der Waals surface area contributed by atoms with Crippen LogP contribution < -0.4 is 5.32 Å². The molecule has 0 fully saturated rings. The van der Waals surface area contributed by atoms with Gasteiger partial charge in [0.25, 0.3) is 0 Å². The number of rotatable bonds is 6. The van der Waals surface area contributed by atoms with Crippen LogP contribution in [-0.4, -0.2) is 21.5 Å². The van der Waals surface area contributed by atoms with Crippen LogP contribution in [0.25, 0.3) is 11.0 Å². The molecular weight excluding hydrogens is 355 g/mol. The summed E-state index contributed by atoms with van der Waals surface area (Å²) in [5.74, 6) is -1.53. The van der Waals surface area contributed by atoms with Gasteiger partial charge >= 0.3 is 6.18 Å². The Morgan fingerprint density at radius 3 is 2.48 bits per heavy atom. The predicted molar refractivity (Wildman–Crippen MR) is 97.1 cm³/mol. The lowest BCUT2D eigenvalue weighted by Crippen LogP contribution is -2.36. The average molecular weight is 375 g/mol. The molecule has 2 aromatic carbocycles. The van der Waals surface area contributed by atoms with E-state index >= 15 is 0 Å². The number of para-hydroxylation sites is 2. The van der Waals surface area contributed by atoms with Crippen LogP contribution in [0.3, 0.4) is 0 Å². The molecule has 0 saturated carbocycles. The molecule has 0 bridgehead atoms. The molecule has 3 rings (SSSR count). The second-order valence-corrected chi connectivity index (χ2v) is 6.50. The summed E-state index contributed by atoms with van der Waals surface area (Å²) in [6, 6.07) is 16.0. The lowest BCUT2D eigenvalue weighted by Gasteiger charge is -2.16. The third-order valence-corrected chi connectivity index (χ3v) is 4.33. The zero-order valence-corrected chi connectivity index (χ0v) is 14.8. The van der Waals surface area contributed by atoms with Crippen molar-refractivity contribution in [3.8, 4) is 0 Å². The smallest absolute Gasteiger partial charge is 0.352 e. The van der Waals surface area contributed by atoms with Crippen molar-refractivity contribution >= 4 is 16.9 Å². The van der Waals surface area contributed by atoms with Gasteiger partial charge in [0.1, 0.15) is 6.54 Å². The van der Waals surface area contributed by atoms with E-state index in [1.54, 1.807) is 12.1 Å². The van der Waals surface area contributed by atoms with Gasteiger partial charge < -0.3 is 9.88 Å². The van der Waals surface area contributed by atoms with E-state index in [2.05, 4.69) is 10.3 Å². The molecule has 0 saturated heterocycles. The number of imidazole rings is 1. The van der Waals surface area contributed by atoms with Gasteiger partial charge in [0.15, 0.2) is 0 Å². The number of benzene rings is 2. The minimum absolute atomic E-state index is 0.151. The summed E-state index contributed by atoms with van der Waals surface area (Å²) in [5, 5.41) is 2.78. The quantitative estimate of drug-likeness (QED) is 0.702. The number of fused-ring (bicyclic) bond motifs is 1. The molecule has 1 amide bonds. The van der Waals surface area contributed by atoms with Crippen molar-refractivity contribution in [3.63, 3.8) is 0 Å². The second kappa shape index (κ2) is 7.82. The Balaban J connectivity index is 1.68. The highest BCUT2D eigenvalue weighted by Crippen LogP contribution is 2.31. The topological polar surface area (TPSA) is 46.9 Å². The summed E-state index contributed by atoms with van der Waals surface area (Å²) in [6.45, 7) is 1.42. The van der Waals surface area contributed by atoms with Crippen molar-refractivity contribution in [2.45, 2.75) is 38.5 Å². The van der Waals surface area contributed by atoms with Crippen LogP contribution in [0.1, 0.15) is 24.7 Å². The first kappa shape index (κ1) is 18.9. The van der Waals surface area contributed by atoms with Gasteiger partial charge in [0.05, 0.1) is 11.0 Å². The SMILES string of the molecule is C[C@@H](CCc1ccccc1)NC(=O)Cn1c(C(F)(F)F)nc2ccccc21. The minimum atomic E-state index is -4.63. The fourth-order valence-electron chi connectivity index (χ4n) is 3.02. The minimum Gasteiger partial charge on any atom is -0.352 e. The number of amides is 1. The first-order valence-electron chi connectivity index (χ1n) is 8.70. The maximum absolute atomic E-state index is 13.3. The maximum atomic E-state index is 13.3. The summed E-state index contributed by atoms with van der Waals surface area (Å²) in [4.78, 5) is 16.0. The van der Waals surface area contributed by atoms with Gasteiger partial charge in [0, 0.05) is 6.04 Å². The van der Waals surface area contributed by atoms with Gasteiger partial charge in [-0.2, -0.15) is 13.2 Å². The monoisotopic (exact) mass is 375 g/mol. The molecule has 0 unspecified atom stereocenters. The van der Waals surface area contributed by atoms with E-state index in [9.17, 15) is 18.0 Å². The molecule has 0 aliphatic heterocycles. The van der Waals surface area contributed by atoms with Crippen molar-refractivity contribution in [3.05, 3.63) is 66.0 Å². The summed E-state index contributed by atoms with van der Waals surface area (Å²) in [7, 11) is 0. The highest BCUT2D eigenvalue weighted by atomic mass is 19.4. The van der Waals surface area contributed by atoms with Crippen molar-refractivity contribution in [2.75, 3.05) is 0 Å². The van der Waals surface area contributed by atoms with Gasteiger partial charge in [-0.15, -0.1) is 0 Å². The van der Waals surface area contributed by atoms with Crippen molar-refractivity contribution < 1.29 is 18.0 Å². The van der Waals surface area contributed by atoms with Crippen molar-refractivity contribution in [1.82, 2.24) is 14.9 Å². The zero-order valence-electron chi connectivity index (χ0n) is 14.8. The van der Waals surface area contributed by atoms with Crippen LogP contribution in [0, 0.1) is 0 Å². The molecule has 0 radical (unpaired) electrons. The Morgan fingerprint density at radius 2 is 1.78 bits per heavy atom. The van der Waals surface area contributed by atoms with Crippen LogP contribution in [0.4, 0.5) is 13.2 Å². The molecule has 3 aromatic rings. The maximum Gasteiger partial charge on any atom is 0.449 e. The molecule has 142 valence electrons. The van der Waals surface area contributed by atoms with Crippen molar-refractivity contribution in [2.24, 2.45) is 0 Å². The van der Waals surface area contributed by atoms with E-state index in [-0.39, 0.29) is 17.1 Å². The third-order valence-electron chi connectivity index (χ3n) is 4.33. The molecule has 1 atom stereocenters. The van der Waals surface area contributed by atoms with E-state index in [0.717, 1.165) is 16.6 Å². The normalized spacial score (nSPS) is 12.9. The summed E-state index contributed by atoms with van der Waals surface area (Å²) in [6.07, 6.45) is -3.14. The van der Waals surface area contributed by atoms with E-state index in [0.29, 0.717) is 6.42 Å². The van der Waals surface area contributed by atoms with E-state index in [4.69, 9.17) is 0 Å². The fourth-order valence-corrected chi connectivity index (χ4v) is 3.02. The van der Waals surface area contributed by atoms with Crippen LogP contribution in [0.5, 0.6) is 0 Å². The number of hydrogen-bond donors (Lipinski definition) is 1. The average Bonchev–Trinajstić information content (AvgIpc) is 3.00. The predicted octanol–water partition coefficient (Wildman–Crippen LogP) is 4.19. The standard InChI is InChI=1S/C20H20F3N3O/c1-14(11-12-15-7-3-2-4-8-15)24-18(27)13-26-17-10-6-5-9-16(17)25-19(26)20(21,22)23/h2-10,14H,11-13H2,1H3,(H,24,27)/t14-/m0/s1. The van der Waals surface area contributed by atoms with Gasteiger partial charge in [-0.05, 0) is 37.5 Å². The lowest BCUT2D eigenvalue weighted by molar-refractivity contribution is -0.147. The molecule has 0 spiro atoms. The van der Waals surface area contributed by atoms with Crippen LogP contribution in [-0.2, 0) is 23.9 Å². The number of aryl methyl sites for hydroxylation is 1. The van der Waals surface area contributed by atoms with E-state index in [1.807, 2.05) is 37.3 Å². The van der Waals surface area contributed by atoms with E-state index < -0.39 is 24.5 Å². The van der Waals surface area contributed by atoms with Crippen molar-refractivity contribution in [1.29, 1.82) is 0 Å². The first-order valence-corrected chi connectivity index (χ1v) is 8.70. The highest BCUT2D eigenvalue weighted by molar-refractivity contribution is 5.81. The number of alkyl halides is 3. The summed E-state index contributed by atoms with van der Waals surface area (Å²) in [5.41, 5.74) is 1.66. The highest BCUT2D eigenvalue weighted by Gasteiger charge is 2.38. The third kappa shape index (κ3) is 4.67. The molecule has 0 aliphatic rings. The number of aromatic nitrogens is 2. The second-order valence-electron chi connectivity index (χ2n) is 6.50. The Labute approximate surface area is 155 Å². The van der Waals surface area contributed by atoms with Crippen LogP contribution in [0.15, 0.2) is 54.6 Å². The summed E-state index contributed by atoms with van der Waals surface area (Å²) >= 11 is 0. The molecule has 1 aromatic heterocycles. The number of nitrogens with zero attached hydrogens (tertiary/aromatic N) is 2. The molecule has 4 nitrogen and oxygen atoms in total. The van der Waals surface area contributed by atoms with Gasteiger partial charge in [-0.25, -0.2) is 4.98 Å². The lowest BCUT2D eigenvalue weighted by atomic mass is 10.1. The Bertz CT molecular complexity index is 919. The summed E-state index contributed by atoms with van der Waals surface area (Å²) < 4.78 is 40.8. The van der Waals surface area contributed by atoms with Gasteiger partial charge in [-0.3, -0.25) is 4.79 Å². The largest absolute Gasteiger partial charge is 0.449 e. The van der Waals surface area contributed by atoms with E-state index in [1.165, 1.54) is 12.1 Å². The van der Waals surface area contributed by atoms with Crippen LogP contribution >= 0.6 is 0 Å². The number of carbonyl (C=O) groups is 1. The van der Waals surface area contributed by atoms with Gasteiger partial charge in [0.2, 0.25) is 11.7 Å². The number of carbonyl (C=O) groups excluding carboxylic acids is 1. The molecule has 7 heteroatoms. The number of halogens is 3. The fraction of sp³-hybridized carbons (Fsp3) is 0.300. The molecule has 1 N–H and O–H groups in total. The van der Waals surface area contributed by atoms with Gasteiger partial charge in [-0.1, -0.05) is 42.5 Å². The molecule has 0 aliphatic carbocycles. The zero-order chi connectivity index (χ0) is 19.4. The number of nitrogens with one attached hydrogen (secondary N) is 1. The van der Waals surface area contributed by atoms with Crippen LogP contribution in [0.2, 0.25) is 0 Å². The molecular formula is C20H20F3N3O. The number of hydrogen-bond acceptors (Lipinski definition) is 2. The Morgan fingerprint density at radius 1 is 1.11 bits per heavy atom. The Kier molecular flexibility index (Phi) is 5.48.